The fourth-order valence-electron chi connectivity index (χ4n) is 3.56. The second-order valence-corrected chi connectivity index (χ2v) is 7.93. The van der Waals surface area contributed by atoms with Gasteiger partial charge in [0, 0.05) is 32.7 Å². The first-order valence-electron chi connectivity index (χ1n) is 9.65. The monoisotopic (exact) mass is 472 g/mol. The molecule has 0 aliphatic rings. The summed E-state index contributed by atoms with van der Waals surface area (Å²) >= 11 is 3.53. The summed E-state index contributed by atoms with van der Waals surface area (Å²) < 4.78 is 13.9. The van der Waals surface area contributed by atoms with Gasteiger partial charge in [-0.15, -0.1) is 0 Å². The van der Waals surface area contributed by atoms with Crippen LogP contribution in [0.5, 0.6) is 5.75 Å². The second-order valence-electron chi connectivity index (χ2n) is 7.01. The molecule has 0 saturated heterocycles. The van der Waals surface area contributed by atoms with Crippen LogP contribution in [0.1, 0.15) is 16.1 Å². The molecule has 0 spiro atoms. The number of methoxy groups -OCH3 is 1. The predicted molar refractivity (Wildman–Crippen MR) is 123 cm³/mol. The number of aromatic nitrogens is 2. The lowest BCUT2D eigenvalue weighted by molar-refractivity contribution is 0.101. The van der Waals surface area contributed by atoms with Crippen LogP contribution < -0.4 is 4.74 Å². The van der Waals surface area contributed by atoms with Crippen LogP contribution >= 0.6 is 15.9 Å². The average Bonchev–Trinajstić information content (AvgIpc) is 3.44. The largest absolute Gasteiger partial charge is 0.497 e. The molecule has 0 fully saturated rings. The molecule has 0 bridgehead atoms. The van der Waals surface area contributed by atoms with E-state index in [2.05, 4.69) is 21.0 Å². The molecule has 0 N–H and O–H groups in total. The van der Waals surface area contributed by atoms with E-state index in [1.54, 1.807) is 42.3 Å². The Morgan fingerprint density at radius 2 is 1.81 bits per heavy atom. The minimum atomic E-state index is -0.197. The van der Waals surface area contributed by atoms with Gasteiger partial charge in [-0.25, -0.2) is 4.68 Å². The van der Waals surface area contributed by atoms with Gasteiger partial charge in [-0.2, -0.15) is 5.10 Å². The van der Waals surface area contributed by atoms with E-state index in [9.17, 15) is 4.79 Å². The average molecular weight is 473 g/mol. The molecule has 152 valence electrons. The van der Waals surface area contributed by atoms with Crippen molar-refractivity contribution in [2.24, 2.45) is 0 Å². The van der Waals surface area contributed by atoms with Gasteiger partial charge in [0.1, 0.15) is 11.3 Å². The van der Waals surface area contributed by atoms with Crippen molar-refractivity contribution in [3.05, 3.63) is 101 Å². The zero-order chi connectivity index (χ0) is 21.4. The first-order valence-corrected chi connectivity index (χ1v) is 10.4. The highest BCUT2D eigenvalue weighted by Gasteiger charge is 2.24. The highest BCUT2D eigenvalue weighted by molar-refractivity contribution is 9.10. The summed E-state index contributed by atoms with van der Waals surface area (Å²) in [5.74, 6) is 0.776. The normalized spacial score (nSPS) is 11.0. The topological polar surface area (TPSA) is 57.3 Å². The first-order chi connectivity index (χ1) is 15.1. The fraction of sp³-hybridized carbons (Fsp3) is 0.0400. The van der Waals surface area contributed by atoms with Crippen LogP contribution in [-0.2, 0) is 0 Å². The molecule has 0 saturated carbocycles. The van der Waals surface area contributed by atoms with Crippen molar-refractivity contribution in [3.63, 3.8) is 0 Å². The molecule has 2 heterocycles. The lowest BCUT2D eigenvalue weighted by Gasteiger charge is -2.03. The summed E-state index contributed by atoms with van der Waals surface area (Å²) in [4.78, 5) is 13.4. The van der Waals surface area contributed by atoms with E-state index >= 15 is 0 Å². The molecule has 5 rings (SSSR count). The Hall–Kier alpha value is -3.64. The van der Waals surface area contributed by atoms with Gasteiger partial charge in [-0.05, 0) is 54.6 Å². The van der Waals surface area contributed by atoms with Crippen LogP contribution in [0.15, 0.2) is 94.1 Å². The molecular formula is C25H17BrN2O3. The number of para-hydroxylation sites is 1. The summed E-state index contributed by atoms with van der Waals surface area (Å²) in [7, 11) is 1.59. The third-order valence-electron chi connectivity index (χ3n) is 5.10. The van der Waals surface area contributed by atoms with Gasteiger partial charge >= 0.3 is 0 Å². The van der Waals surface area contributed by atoms with Crippen LogP contribution in [0.25, 0.3) is 27.8 Å². The number of hydrogen-bond donors (Lipinski definition) is 0. The molecule has 0 aliphatic carbocycles. The van der Waals surface area contributed by atoms with E-state index in [0.29, 0.717) is 16.9 Å². The third kappa shape index (κ3) is 3.55. The van der Waals surface area contributed by atoms with Crippen molar-refractivity contribution >= 4 is 32.7 Å². The molecule has 5 aromatic rings. The molecule has 5 nitrogen and oxygen atoms in total. The molecule has 0 amide bonds. The van der Waals surface area contributed by atoms with E-state index < -0.39 is 0 Å². The number of carbonyl (C=O) groups is 1. The van der Waals surface area contributed by atoms with Crippen molar-refractivity contribution in [2.75, 3.05) is 7.11 Å². The quantitative estimate of drug-likeness (QED) is 0.282. The number of nitrogens with zero attached hydrogens (tertiary/aromatic N) is 2. The van der Waals surface area contributed by atoms with Crippen molar-refractivity contribution in [1.82, 2.24) is 9.78 Å². The molecule has 0 aliphatic heterocycles. The second kappa shape index (κ2) is 7.89. The summed E-state index contributed by atoms with van der Waals surface area (Å²) in [6.07, 6.45) is 3.66. The number of fused-ring (bicyclic) bond motifs is 1. The van der Waals surface area contributed by atoms with Crippen molar-refractivity contribution in [1.29, 1.82) is 0 Å². The van der Waals surface area contributed by atoms with E-state index in [1.807, 2.05) is 54.7 Å². The van der Waals surface area contributed by atoms with Gasteiger partial charge in [0.25, 0.3) is 0 Å². The van der Waals surface area contributed by atoms with Crippen LogP contribution in [0.2, 0.25) is 0 Å². The maximum atomic E-state index is 13.4. The van der Waals surface area contributed by atoms with E-state index in [-0.39, 0.29) is 11.5 Å². The Kier molecular flexibility index (Phi) is 4.92. The molecule has 6 heteroatoms. The number of ketones is 1. The highest BCUT2D eigenvalue weighted by atomic mass is 79.9. The zero-order valence-corrected chi connectivity index (χ0v) is 18.2. The highest BCUT2D eigenvalue weighted by Crippen LogP contribution is 2.37. The van der Waals surface area contributed by atoms with Crippen LogP contribution in [0, 0.1) is 0 Å². The Labute approximate surface area is 187 Å². The minimum absolute atomic E-state index is 0.197. The van der Waals surface area contributed by atoms with E-state index in [4.69, 9.17) is 9.15 Å². The van der Waals surface area contributed by atoms with E-state index in [0.717, 1.165) is 26.7 Å². The number of benzene rings is 3. The van der Waals surface area contributed by atoms with Gasteiger partial charge < -0.3 is 9.15 Å². The maximum Gasteiger partial charge on any atom is 0.228 e. The lowest BCUT2D eigenvalue weighted by atomic mass is 10.00. The summed E-state index contributed by atoms with van der Waals surface area (Å²) in [5.41, 5.74) is 3.63. The Morgan fingerprint density at radius 1 is 1.03 bits per heavy atom. The number of halogens is 1. The summed E-state index contributed by atoms with van der Waals surface area (Å²) in [6.45, 7) is 0. The SMILES string of the molecule is COc1ccc(C(=O)c2oc3ccc(Br)cc3c2-c2cnn(-c3ccccc3)c2)cc1. The van der Waals surface area contributed by atoms with Crippen molar-refractivity contribution in [3.8, 4) is 22.6 Å². The molecule has 2 aromatic heterocycles. The van der Waals surface area contributed by atoms with Crippen LogP contribution in [-0.4, -0.2) is 22.7 Å². The zero-order valence-electron chi connectivity index (χ0n) is 16.6. The van der Waals surface area contributed by atoms with Gasteiger partial charge in [-0.1, -0.05) is 34.1 Å². The third-order valence-corrected chi connectivity index (χ3v) is 5.59. The molecule has 0 radical (unpaired) electrons. The van der Waals surface area contributed by atoms with Crippen molar-refractivity contribution in [2.45, 2.75) is 0 Å². The molecule has 0 atom stereocenters. The fourth-order valence-corrected chi connectivity index (χ4v) is 3.92. The molecule has 3 aromatic carbocycles. The maximum absolute atomic E-state index is 13.4. The van der Waals surface area contributed by atoms with Crippen LogP contribution in [0.3, 0.4) is 0 Å². The van der Waals surface area contributed by atoms with Crippen molar-refractivity contribution < 1.29 is 13.9 Å². The Bertz CT molecular complexity index is 1390. The van der Waals surface area contributed by atoms with Gasteiger partial charge in [0.15, 0.2) is 5.76 Å². The summed E-state index contributed by atoms with van der Waals surface area (Å²) in [5, 5.41) is 5.35. The summed E-state index contributed by atoms with van der Waals surface area (Å²) in [6, 6.07) is 22.5. The minimum Gasteiger partial charge on any atom is -0.497 e. The molecule has 31 heavy (non-hydrogen) atoms. The predicted octanol–water partition coefficient (Wildman–Crippen LogP) is 6.29. The Balaban J connectivity index is 1.67. The van der Waals surface area contributed by atoms with Gasteiger partial charge in [-0.3, -0.25) is 4.79 Å². The first kappa shape index (κ1) is 19.3. The number of ether oxygens (including phenoxy) is 1. The standard InChI is InChI=1S/C25H17BrN2O3/c1-30-20-10-7-16(8-11-20)24(29)25-23(21-13-18(26)9-12-22(21)31-25)17-14-27-28(15-17)19-5-3-2-4-6-19/h2-15H,1H3. The van der Waals surface area contributed by atoms with Crippen LogP contribution in [0.4, 0.5) is 0 Å². The van der Waals surface area contributed by atoms with Gasteiger partial charge in [0.2, 0.25) is 5.78 Å². The van der Waals surface area contributed by atoms with E-state index in [1.165, 1.54) is 0 Å². The smallest absolute Gasteiger partial charge is 0.228 e. The molecule has 0 unspecified atom stereocenters. The molecular weight excluding hydrogens is 456 g/mol. The number of rotatable bonds is 5. The lowest BCUT2D eigenvalue weighted by Crippen LogP contribution is -2.01. The van der Waals surface area contributed by atoms with Gasteiger partial charge in [0.05, 0.1) is 19.0 Å². The number of carbonyl (C=O) groups excluding carboxylic acids is 1. The number of furan rings is 1. The Morgan fingerprint density at radius 3 is 2.55 bits per heavy atom. The number of hydrogen-bond acceptors (Lipinski definition) is 4.